The molecule has 2 atom stereocenters. The minimum absolute atomic E-state index is 0.276. The predicted octanol–water partition coefficient (Wildman–Crippen LogP) is 3.09. The smallest absolute Gasteiger partial charge is 0.304 e. The summed E-state index contributed by atoms with van der Waals surface area (Å²) in [6, 6.07) is 21.6. The first-order valence-corrected chi connectivity index (χ1v) is 11.1. The van der Waals surface area contributed by atoms with E-state index in [1.165, 1.54) is 0 Å². The summed E-state index contributed by atoms with van der Waals surface area (Å²) in [4.78, 5) is 28.0. The van der Waals surface area contributed by atoms with Gasteiger partial charge in [0.15, 0.2) is 6.04 Å². The Bertz CT molecular complexity index is 1200. The van der Waals surface area contributed by atoms with Crippen molar-refractivity contribution in [1.82, 2.24) is 10.7 Å². The van der Waals surface area contributed by atoms with Crippen LogP contribution in [0.2, 0.25) is 0 Å². The lowest BCUT2D eigenvalue weighted by Crippen LogP contribution is -2.42. The van der Waals surface area contributed by atoms with Crippen molar-refractivity contribution in [2.45, 2.75) is 19.0 Å². The van der Waals surface area contributed by atoms with Crippen molar-refractivity contribution in [1.29, 1.82) is 0 Å². The molecule has 1 heterocycles. The van der Waals surface area contributed by atoms with Gasteiger partial charge in [-0.2, -0.15) is 0 Å². The van der Waals surface area contributed by atoms with E-state index in [1.54, 1.807) is 23.9 Å². The van der Waals surface area contributed by atoms with Crippen LogP contribution in [-0.4, -0.2) is 50.0 Å². The van der Waals surface area contributed by atoms with Gasteiger partial charge in [0.1, 0.15) is 5.75 Å². The summed E-state index contributed by atoms with van der Waals surface area (Å²) in [7, 11) is 5.58. The van der Waals surface area contributed by atoms with Crippen LogP contribution < -0.4 is 20.4 Å². The molecule has 3 aromatic rings. The quantitative estimate of drug-likeness (QED) is 0.558. The van der Waals surface area contributed by atoms with Crippen molar-refractivity contribution >= 4 is 23.7 Å². The van der Waals surface area contributed by atoms with Gasteiger partial charge in [0.2, 0.25) is 12.3 Å². The molecule has 7 heteroatoms. The predicted molar refractivity (Wildman–Crippen MR) is 133 cm³/mol. The number of nitrogens with zero attached hydrogens (tertiary/aromatic N) is 2. The third kappa shape index (κ3) is 4.93. The number of anilines is 1. The van der Waals surface area contributed by atoms with Crippen LogP contribution in [0.3, 0.4) is 0 Å². The Morgan fingerprint density at radius 3 is 2.24 bits per heavy atom. The second kappa shape index (κ2) is 9.79. The minimum Gasteiger partial charge on any atom is -0.497 e. The fraction of sp³-hybridized carbons (Fsp3) is 0.222. The zero-order valence-corrected chi connectivity index (χ0v) is 19.8. The molecule has 1 aliphatic heterocycles. The Kier molecular flexibility index (Phi) is 6.63. The van der Waals surface area contributed by atoms with Crippen LogP contribution in [0.5, 0.6) is 5.75 Å². The summed E-state index contributed by atoms with van der Waals surface area (Å²) < 4.78 is 7.05. The SMILES string of the molecule is COc1ccc([C@@H]2[C@H](NC(=O)c3ccc(C)cc3)C(=O)N/[N+]2=C\c2ccc(N(C)C)cc2)cc1. The number of amides is 2. The Labute approximate surface area is 199 Å². The number of ether oxygens (including phenoxy) is 1. The first-order valence-electron chi connectivity index (χ1n) is 11.1. The normalized spacial score (nSPS) is 18.5. The summed E-state index contributed by atoms with van der Waals surface area (Å²) in [5.41, 5.74) is 7.36. The minimum atomic E-state index is -0.778. The molecule has 1 fully saturated rings. The second-order valence-electron chi connectivity index (χ2n) is 8.53. The number of carbonyl (C=O) groups excluding carboxylic acids is 2. The van der Waals surface area contributed by atoms with E-state index in [-0.39, 0.29) is 11.8 Å². The zero-order chi connectivity index (χ0) is 24.2. The summed E-state index contributed by atoms with van der Waals surface area (Å²) >= 11 is 0. The van der Waals surface area contributed by atoms with Crippen molar-refractivity contribution in [3.05, 3.63) is 95.1 Å². The van der Waals surface area contributed by atoms with E-state index in [4.69, 9.17) is 4.74 Å². The molecular weight excluding hydrogens is 428 g/mol. The van der Waals surface area contributed by atoms with Crippen LogP contribution in [0, 0.1) is 6.92 Å². The zero-order valence-electron chi connectivity index (χ0n) is 19.8. The topological polar surface area (TPSA) is 73.7 Å². The lowest BCUT2D eigenvalue weighted by Gasteiger charge is -2.15. The Morgan fingerprint density at radius 1 is 1.00 bits per heavy atom. The van der Waals surface area contributed by atoms with Crippen molar-refractivity contribution in [2.75, 3.05) is 26.1 Å². The molecule has 0 bridgehead atoms. The lowest BCUT2D eigenvalue weighted by molar-refractivity contribution is -0.596. The average Bonchev–Trinajstić information content (AvgIpc) is 3.14. The van der Waals surface area contributed by atoms with Gasteiger partial charge in [0.05, 0.1) is 7.11 Å². The Hall–Kier alpha value is -4.13. The van der Waals surface area contributed by atoms with Crippen LogP contribution in [-0.2, 0) is 4.79 Å². The monoisotopic (exact) mass is 457 g/mol. The third-order valence-electron chi connectivity index (χ3n) is 5.89. The van der Waals surface area contributed by atoms with Crippen LogP contribution in [0.1, 0.15) is 33.1 Å². The maximum Gasteiger partial charge on any atom is 0.304 e. The summed E-state index contributed by atoms with van der Waals surface area (Å²) in [6.45, 7) is 1.96. The average molecular weight is 458 g/mol. The highest BCUT2D eigenvalue weighted by atomic mass is 16.5. The molecule has 4 rings (SSSR count). The molecule has 0 aromatic heterocycles. The molecule has 2 N–H and O–H groups in total. The maximum atomic E-state index is 13.0. The molecule has 7 nitrogen and oxygen atoms in total. The number of hydrogen-bond donors (Lipinski definition) is 2. The second-order valence-corrected chi connectivity index (χ2v) is 8.53. The van der Waals surface area contributed by atoms with Crippen molar-refractivity contribution in [2.24, 2.45) is 0 Å². The summed E-state index contributed by atoms with van der Waals surface area (Å²) in [6.07, 6.45) is 1.88. The molecule has 0 spiro atoms. The van der Waals surface area contributed by atoms with Crippen LogP contribution >= 0.6 is 0 Å². The summed E-state index contributed by atoms with van der Waals surface area (Å²) in [5.74, 6) is 0.148. The van der Waals surface area contributed by atoms with Crippen LogP contribution in [0.25, 0.3) is 0 Å². The molecule has 2 amide bonds. The van der Waals surface area contributed by atoms with E-state index in [0.717, 1.165) is 28.1 Å². The molecule has 0 aliphatic carbocycles. The highest BCUT2D eigenvalue weighted by molar-refractivity contribution is 5.98. The van der Waals surface area contributed by atoms with E-state index in [9.17, 15) is 9.59 Å². The van der Waals surface area contributed by atoms with E-state index >= 15 is 0 Å². The molecule has 0 unspecified atom stereocenters. The van der Waals surface area contributed by atoms with Gasteiger partial charge < -0.3 is 15.0 Å². The van der Waals surface area contributed by atoms with Gasteiger partial charge in [0, 0.05) is 36.5 Å². The number of rotatable bonds is 6. The van der Waals surface area contributed by atoms with Gasteiger partial charge in [0.25, 0.3) is 5.91 Å². The van der Waals surface area contributed by atoms with E-state index in [2.05, 4.69) is 10.7 Å². The Balaban J connectivity index is 1.68. The Morgan fingerprint density at radius 2 is 1.65 bits per heavy atom. The van der Waals surface area contributed by atoms with Crippen molar-refractivity contribution in [3.8, 4) is 5.75 Å². The van der Waals surface area contributed by atoms with E-state index in [1.807, 2.05) is 92.8 Å². The molecule has 3 aromatic carbocycles. The van der Waals surface area contributed by atoms with Crippen LogP contribution in [0.4, 0.5) is 5.69 Å². The third-order valence-corrected chi connectivity index (χ3v) is 5.89. The van der Waals surface area contributed by atoms with E-state index in [0.29, 0.717) is 5.56 Å². The van der Waals surface area contributed by atoms with Gasteiger partial charge >= 0.3 is 5.91 Å². The van der Waals surface area contributed by atoms with Crippen molar-refractivity contribution in [3.63, 3.8) is 0 Å². The number of carbonyl (C=O) groups is 2. The molecule has 34 heavy (non-hydrogen) atoms. The van der Waals surface area contributed by atoms with Crippen LogP contribution in [0.15, 0.2) is 72.8 Å². The lowest BCUT2D eigenvalue weighted by atomic mass is 9.99. The standard InChI is InChI=1S/C27H28N4O3/c1-18-5-9-21(10-6-18)26(32)28-24-25(20-11-15-23(34-4)16-12-20)31(29-27(24)33)17-19-7-13-22(14-8-19)30(2)3/h5-17,24-25H,1-4H3,(H-,28,29,32,33)/p+1/t24-,25+/m0/s1. The molecular formula is C27H29N4O3+. The molecule has 0 saturated carbocycles. The van der Waals surface area contributed by atoms with Gasteiger partial charge in [-0.1, -0.05) is 17.7 Å². The molecule has 1 saturated heterocycles. The van der Waals surface area contributed by atoms with Crippen molar-refractivity contribution < 1.29 is 19.0 Å². The van der Waals surface area contributed by atoms with Gasteiger partial charge in [-0.15, -0.1) is 10.1 Å². The fourth-order valence-electron chi connectivity index (χ4n) is 3.93. The number of hydrazine groups is 1. The maximum absolute atomic E-state index is 13.0. The molecule has 1 aliphatic rings. The largest absolute Gasteiger partial charge is 0.497 e. The number of hydrogen-bond acceptors (Lipinski definition) is 4. The highest BCUT2D eigenvalue weighted by Crippen LogP contribution is 2.27. The van der Waals surface area contributed by atoms with Gasteiger partial charge in [-0.3, -0.25) is 9.59 Å². The number of aryl methyl sites for hydroxylation is 1. The molecule has 174 valence electrons. The van der Waals surface area contributed by atoms with E-state index < -0.39 is 12.1 Å². The van der Waals surface area contributed by atoms with Gasteiger partial charge in [-0.05, 0) is 67.6 Å². The number of methoxy groups -OCH3 is 1. The first-order chi connectivity index (χ1) is 16.4. The summed E-state index contributed by atoms with van der Waals surface area (Å²) in [5, 5.41) is 2.93. The highest BCUT2D eigenvalue weighted by Gasteiger charge is 2.47. The fourth-order valence-corrected chi connectivity index (χ4v) is 3.93. The first kappa shape index (κ1) is 23.0. The number of hydrazone groups is 1. The number of benzene rings is 3. The molecule has 0 radical (unpaired) electrons. The number of nitrogens with one attached hydrogen (secondary N) is 2. The van der Waals surface area contributed by atoms with Gasteiger partial charge in [-0.25, -0.2) is 0 Å².